The monoisotopic (exact) mass is 511 g/mol. The third kappa shape index (κ3) is 4.98. The zero-order chi connectivity index (χ0) is 27.0. The Morgan fingerprint density at radius 1 is 1.21 bits per heavy atom. The number of likely N-dealkylation sites (N-methyl/N-ethyl adjacent to an activating group) is 1. The normalized spacial score (nSPS) is 18.2. The first kappa shape index (κ1) is 25.4. The van der Waals surface area contributed by atoms with Gasteiger partial charge in [-0.25, -0.2) is 9.38 Å². The van der Waals surface area contributed by atoms with Crippen molar-refractivity contribution in [3.05, 3.63) is 76.6 Å². The van der Waals surface area contributed by atoms with Crippen molar-refractivity contribution in [3.63, 3.8) is 0 Å². The van der Waals surface area contributed by atoms with Gasteiger partial charge in [-0.05, 0) is 104 Å². The van der Waals surface area contributed by atoms with Crippen molar-refractivity contribution >= 4 is 23.6 Å². The molecule has 0 saturated carbocycles. The highest BCUT2D eigenvalue weighted by atomic mass is 19.1. The summed E-state index contributed by atoms with van der Waals surface area (Å²) >= 11 is 0. The highest BCUT2D eigenvalue weighted by molar-refractivity contribution is 5.99. The van der Waals surface area contributed by atoms with Gasteiger partial charge in [0.1, 0.15) is 17.6 Å². The summed E-state index contributed by atoms with van der Waals surface area (Å²) in [6, 6.07) is 14.8. The van der Waals surface area contributed by atoms with Crippen molar-refractivity contribution < 1.29 is 14.3 Å². The van der Waals surface area contributed by atoms with Crippen LogP contribution in [0.3, 0.4) is 0 Å². The van der Waals surface area contributed by atoms with E-state index in [-0.39, 0.29) is 23.5 Å². The molecule has 2 N–H and O–H groups in total. The number of halogens is 1. The van der Waals surface area contributed by atoms with Gasteiger partial charge in [0.25, 0.3) is 0 Å². The smallest absolute Gasteiger partial charge is 0.250 e. The molecule has 2 heterocycles. The molecule has 0 bridgehead atoms. The van der Waals surface area contributed by atoms with Crippen molar-refractivity contribution in [1.82, 2.24) is 10.2 Å². The number of benzene rings is 3. The van der Waals surface area contributed by atoms with Crippen molar-refractivity contribution in [2.45, 2.75) is 38.8 Å². The zero-order valence-corrected chi connectivity index (χ0v) is 21.7. The average Bonchev–Trinajstić information content (AvgIpc) is 3.39. The molecular formula is C30H30FN5O2. The molecule has 3 aromatic rings. The first-order valence-corrected chi connectivity index (χ1v) is 12.7. The minimum Gasteiger partial charge on any atom is -0.508 e. The van der Waals surface area contributed by atoms with Crippen LogP contribution in [0.2, 0.25) is 0 Å². The van der Waals surface area contributed by atoms with Gasteiger partial charge < -0.3 is 20.2 Å². The van der Waals surface area contributed by atoms with Crippen LogP contribution in [-0.4, -0.2) is 48.4 Å². The van der Waals surface area contributed by atoms with Crippen molar-refractivity contribution in [1.29, 1.82) is 5.26 Å². The number of aliphatic imine (C=N–C) groups is 1. The lowest BCUT2D eigenvalue weighted by molar-refractivity contribution is -0.131. The Morgan fingerprint density at radius 2 is 2.03 bits per heavy atom. The molecule has 0 aromatic heterocycles. The molecule has 1 amide bonds. The van der Waals surface area contributed by atoms with Gasteiger partial charge in [0.15, 0.2) is 0 Å². The number of amides is 1. The molecule has 3 aromatic carbocycles. The Hall–Kier alpha value is -4.22. The van der Waals surface area contributed by atoms with Crippen LogP contribution in [-0.2, 0) is 4.79 Å². The SMILES string of the molecule is Cc1cc(F)cc(N2C=Nc3cc(C)c(-c4cc(O)cc(C#N)c4)cc3C2C(=O)N(C)C[C@@H]2CCCN2)c1. The van der Waals surface area contributed by atoms with E-state index in [0.717, 1.165) is 36.1 Å². The van der Waals surface area contributed by atoms with Gasteiger partial charge in [0.05, 0.1) is 23.7 Å². The van der Waals surface area contributed by atoms with E-state index in [1.807, 2.05) is 32.0 Å². The topological polar surface area (TPSA) is 92.0 Å². The van der Waals surface area contributed by atoms with Crippen molar-refractivity contribution in [3.8, 4) is 22.9 Å². The van der Waals surface area contributed by atoms with Crippen LogP contribution in [0.25, 0.3) is 11.1 Å². The third-order valence-electron chi connectivity index (χ3n) is 7.22. The van der Waals surface area contributed by atoms with Gasteiger partial charge in [0.2, 0.25) is 5.91 Å². The summed E-state index contributed by atoms with van der Waals surface area (Å²) in [6.45, 7) is 5.25. The molecule has 0 spiro atoms. The maximum atomic E-state index is 14.5. The second-order valence-corrected chi connectivity index (χ2v) is 10.2. The van der Waals surface area contributed by atoms with E-state index < -0.39 is 6.04 Å². The van der Waals surface area contributed by atoms with E-state index >= 15 is 0 Å². The minimum atomic E-state index is -0.776. The van der Waals surface area contributed by atoms with Crippen molar-refractivity contribution in [2.24, 2.45) is 4.99 Å². The van der Waals surface area contributed by atoms with Crippen molar-refractivity contribution in [2.75, 3.05) is 25.0 Å². The van der Waals surface area contributed by atoms with E-state index in [2.05, 4.69) is 16.4 Å². The number of rotatable bonds is 5. The fourth-order valence-corrected chi connectivity index (χ4v) is 5.40. The number of aryl methyl sites for hydroxylation is 2. The number of nitrogens with one attached hydrogen (secondary N) is 1. The molecular weight excluding hydrogens is 481 g/mol. The quantitative estimate of drug-likeness (QED) is 0.496. The summed E-state index contributed by atoms with van der Waals surface area (Å²) in [5, 5.41) is 23.1. The molecule has 0 aliphatic carbocycles. The van der Waals surface area contributed by atoms with Gasteiger partial charge in [-0.3, -0.25) is 4.79 Å². The standard InChI is InChI=1S/C30H30FN5O2/c1-18-7-22(31)13-24(8-18)36-17-34-28-9-19(2)26(21-10-20(15-32)11-25(37)12-21)14-27(28)29(36)30(38)35(3)16-23-5-4-6-33-23/h7-14,17,23,29,33,37H,4-6,16H2,1-3H3/t23-,29?/m0/s1. The van der Waals surface area contributed by atoms with E-state index in [1.165, 1.54) is 18.2 Å². The number of aromatic hydroxyl groups is 1. The molecule has 1 unspecified atom stereocenters. The summed E-state index contributed by atoms with van der Waals surface area (Å²) < 4.78 is 14.5. The Balaban J connectivity index is 1.63. The van der Waals surface area contributed by atoms with E-state index in [9.17, 15) is 19.6 Å². The Morgan fingerprint density at radius 3 is 2.74 bits per heavy atom. The maximum absolute atomic E-state index is 14.5. The summed E-state index contributed by atoms with van der Waals surface area (Å²) in [7, 11) is 1.80. The summed E-state index contributed by atoms with van der Waals surface area (Å²) in [5.41, 5.74) is 5.27. The molecule has 5 rings (SSSR count). The molecule has 8 heteroatoms. The van der Waals surface area contributed by atoms with Crippen LogP contribution < -0.4 is 10.2 Å². The Kier molecular flexibility index (Phi) is 6.87. The molecule has 2 aliphatic rings. The number of phenolic OH excluding ortho intramolecular Hbond substituents is 1. The minimum absolute atomic E-state index is 0.0116. The van der Waals surface area contributed by atoms with Gasteiger partial charge in [-0.2, -0.15) is 5.26 Å². The zero-order valence-electron chi connectivity index (χ0n) is 21.7. The Bertz CT molecular complexity index is 1450. The fourth-order valence-electron chi connectivity index (χ4n) is 5.40. The molecule has 1 saturated heterocycles. The van der Waals surface area contributed by atoms with Gasteiger partial charge in [-0.15, -0.1) is 0 Å². The largest absolute Gasteiger partial charge is 0.508 e. The first-order chi connectivity index (χ1) is 18.2. The van der Waals surface area contributed by atoms with Crippen LogP contribution in [0.4, 0.5) is 15.8 Å². The van der Waals surface area contributed by atoms with Gasteiger partial charge >= 0.3 is 0 Å². The average molecular weight is 512 g/mol. The molecule has 7 nitrogen and oxygen atoms in total. The second kappa shape index (κ2) is 10.3. The summed E-state index contributed by atoms with van der Waals surface area (Å²) in [6.07, 6.45) is 3.69. The summed E-state index contributed by atoms with van der Waals surface area (Å²) in [4.78, 5) is 22.2. The van der Waals surface area contributed by atoms with Crippen LogP contribution in [0.15, 0.2) is 53.5 Å². The number of nitriles is 1. The summed E-state index contributed by atoms with van der Waals surface area (Å²) in [5.74, 6) is -0.527. The van der Waals surface area contributed by atoms with Gasteiger partial charge in [0, 0.05) is 30.9 Å². The van der Waals surface area contributed by atoms with E-state index in [4.69, 9.17) is 0 Å². The number of carbonyl (C=O) groups is 1. The number of hydrogen-bond donors (Lipinski definition) is 2. The number of anilines is 1. The number of nitrogens with zero attached hydrogens (tertiary/aromatic N) is 4. The second-order valence-electron chi connectivity index (χ2n) is 10.2. The predicted molar refractivity (Wildman–Crippen MR) is 146 cm³/mol. The molecule has 2 atom stereocenters. The van der Waals surface area contributed by atoms with Crippen LogP contribution in [0, 0.1) is 31.0 Å². The number of phenols is 1. The number of carbonyl (C=O) groups excluding carboxylic acids is 1. The molecule has 1 fully saturated rings. The van der Waals surface area contributed by atoms with Crippen LogP contribution >= 0.6 is 0 Å². The van der Waals surface area contributed by atoms with Gasteiger partial charge in [-0.1, -0.05) is 0 Å². The predicted octanol–water partition coefficient (Wildman–Crippen LogP) is 5.12. The molecule has 38 heavy (non-hydrogen) atoms. The highest BCUT2D eigenvalue weighted by Crippen LogP contribution is 2.41. The van der Waals surface area contributed by atoms with Crippen LogP contribution in [0.1, 0.15) is 41.1 Å². The van der Waals surface area contributed by atoms with E-state index in [0.29, 0.717) is 34.6 Å². The molecule has 0 radical (unpaired) electrons. The van der Waals surface area contributed by atoms with E-state index in [1.54, 1.807) is 35.3 Å². The lowest BCUT2D eigenvalue weighted by Gasteiger charge is -2.36. The number of fused-ring (bicyclic) bond motifs is 1. The fraction of sp³-hybridized carbons (Fsp3) is 0.300. The molecule has 2 aliphatic heterocycles. The Labute approximate surface area is 221 Å². The number of hydrogen-bond acceptors (Lipinski definition) is 6. The maximum Gasteiger partial charge on any atom is 0.250 e. The van der Waals surface area contributed by atoms with Crippen LogP contribution in [0.5, 0.6) is 5.75 Å². The third-order valence-corrected chi connectivity index (χ3v) is 7.22. The lowest BCUT2D eigenvalue weighted by Crippen LogP contribution is -2.46. The first-order valence-electron chi connectivity index (χ1n) is 12.7. The molecule has 194 valence electrons. The lowest BCUT2D eigenvalue weighted by atomic mass is 9.91. The highest BCUT2D eigenvalue weighted by Gasteiger charge is 2.36.